The van der Waals surface area contributed by atoms with E-state index in [4.69, 9.17) is 18.0 Å². The number of rotatable bonds is 3. The number of hydrogen-bond acceptors (Lipinski definition) is 3. The molecule has 0 spiro atoms. The molecule has 0 radical (unpaired) electrons. The number of halogens is 1. The van der Waals surface area contributed by atoms with E-state index in [1.54, 1.807) is 13.0 Å². The van der Waals surface area contributed by atoms with Crippen LogP contribution in [0.15, 0.2) is 36.4 Å². The van der Waals surface area contributed by atoms with Crippen molar-refractivity contribution in [3.05, 3.63) is 58.9 Å². The van der Waals surface area contributed by atoms with Gasteiger partial charge < -0.3 is 16.2 Å². The van der Waals surface area contributed by atoms with E-state index in [1.165, 1.54) is 24.3 Å². The highest BCUT2D eigenvalue weighted by Gasteiger charge is 2.14. The summed E-state index contributed by atoms with van der Waals surface area (Å²) in [4.78, 5) is 12.1. The third kappa shape index (κ3) is 3.35. The normalized spacial score (nSPS) is 10.2. The fourth-order valence-corrected chi connectivity index (χ4v) is 2.02. The highest BCUT2D eigenvalue weighted by atomic mass is 32.1. The Balaban J connectivity index is 2.34. The maximum absolute atomic E-state index is 13.2. The summed E-state index contributed by atoms with van der Waals surface area (Å²) in [5.41, 5.74) is 6.96. The molecule has 0 aliphatic heterocycles. The van der Waals surface area contributed by atoms with Gasteiger partial charge in [0.05, 0.1) is 11.3 Å². The fraction of sp³-hybridized carbons (Fsp3) is 0.0667. The summed E-state index contributed by atoms with van der Waals surface area (Å²) in [5, 5.41) is 12.4. The zero-order valence-corrected chi connectivity index (χ0v) is 12.0. The van der Waals surface area contributed by atoms with Crippen LogP contribution in [0.3, 0.4) is 0 Å². The van der Waals surface area contributed by atoms with E-state index in [-0.39, 0.29) is 27.6 Å². The maximum atomic E-state index is 13.2. The standard InChI is InChI=1S/C15H13FN2O2S/c1-8-2-4-10(13(19)6-8)15(20)18-12-5-3-9(16)7-11(12)14(17)21/h2-7,19H,1H3,(H2,17,21)(H,18,20). The molecule has 0 aliphatic carbocycles. The van der Waals surface area contributed by atoms with E-state index in [9.17, 15) is 14.3 Å². The summed E-state index contributed by atoms with van der Waals surface area (Å²) < 4.78 is 13.2. The van der Waals surface area contributed by atoms with Crippen LogP contribution >= 0.6 is 12.2 Å². The van der Waals surface area contributed by atoms with Gasteiger partial charge in [0.1, 0.15) is 16.6 Å². The van der Waals surface area contributed by atoms with E-state index < -0.39 is 11.7 Å². The molecule has 2 aromatic carbocycles. The molecule has 4 N–H and O–H groups in total. The summed E-state index contributed by atoms with van der Waals surface area (Å²) >= 11 is 4.83. The molecule has 0 unspecified atom stereocenters. The third-order valence-electron chi connectivity index (χ3n) is 2.89. The zero-order valence-electron chi connectivity index (χ0n) is 11.2. The first kappa shape index (κ1) is 14.9. The van der Waals surface area contributed by atoms with Gasteiger partial charge in [-0.1, -0.05) is 18.3 Å². The smallest absolute Gasteiger partial charge is 0.259 e. The number of nitrogens with two attached hydrogens (primary N) is 1. The molecule has 0 fully saturated rings. The Hall–Kier alpha value is -2.47. The van der Waals surface area contributed by atoms with E-state index in [2.05, 4.69) is 5.32 Å². The topological polar surface area (TPSA) is 75.4 Å². The van der Waals surface area contributed by atoms with Gasteiger partial charge in [-0.3, -0.25) is 4.79 Å². The van der Waals surface area contributed by atoms with Gasteiger partial charge in [0.2, 0.25) is 0 Å². The molecule has 0 bridgehead atoms. The number of aromatic hydroxyl groups is 1. The number of thiocarbonyl (C=S) groups is 1. The number of anilines is 1. The van der Waals surface area contributed by atoms with Gasteiger partial charge >= 0.3 is 0 Å². The second-order valence-electron chi connectivity index (χ2n) is 4.53. The fourth-order valence-electron chi connectivity index (χ4n) is 1.85. The van der Waals surface area contributed by atoms with E-state index in [0.717, 1.165) is 11.6 Å². The quantitative estimate of drug-likeness (QED) is 0.762. The Morgan fingerprint density at radius 2 is 1.95 bits per heavy atom. The molecule has 1 amide bonds. The number of benzene rings is 2. The monoisotopic (exact) mass is 304 g/mol. The zero-order chi connectivity index (χ0) is 15.6. The van der Waals surface area contributed by atoms with Gasteiger partial charge in [-0.05, 0) is 42.8 Å². The summed E-state index contributed by atoms with van der Waals surface area (Å²) in [6.45, 7) is 1.80. The van der Waals surface area contributed by atoms with Crippen LogP contribution in [0.4, 0.5) is 10.1 Å². The molecule has 2 rings (SSSR count). The SMILES string of the molecule is Cc1ccc(C(=O)Nc2ccc(F)cc2C(N)=S)c(O)c1. The van der Waals surface area contributed by atoms with Crippen molar-refractivity contribution >= 4 is 28.8 Å². The van der Waals surface area contributed by atoms with Gasteiger partial charge in [-0.25, -0.2) is 4.39 Å². The van der Waals surface area contributed by atoms with Gasteiger partial charge in [0, 0.05) is 5.56 Å². The van der Waals surface area contributed by atoms with E-state index >= 15 is 0 Å². The summed E-state index contributed by atoms with van der Waals surface area (Å²) in [5.74, 6) is -1.17. The van der Waals surface area contributed by atoms with Gasteiger partial charge in [-0.15, -0.1) is 0 Å². The second kappa shape index (κ2) is 5.88. The van der Waals surface area contributed by atoms with Crippen LogP contribution in [0.1, 0.15) is 21.5 Å². The number of hydrogen-bond donors (Lipinski definition) is 3. The van der Waals surface area contributed by atoms with Gasteiger partial charge in [0.25, 0.3) is 5.91 Å². The van der Waals surface area contributed by atoms with Crippen LogP contribution in [-0.4, -0.2) is 16.0 Å². The van der Waals surface area contributed by atoms with Crippen molar-refractivity contribution in [3.8, 4) is 5.75 Å². The van der Waals surface area contributed by atoms with Gasteiger partial charge in [-0.2, -0.15) is 0 Å². The second-order valence-corrected chi connectivity index (χ2v) is 4.97. The predicted molar refractivity (Wildman–Crippen MR) is 83.1 cm³/mol. The minimum Gasteiger partial charge on any atom is -0.507 e. The number of nitrogens with one attached hydrogen (secondary N) is 1. The number of aryl methyl sites for hydroxylation is 1. The van der Waals surface area contributed by atoms with Crippen molar-refractivity contribution < 1.29 is 14.3 Å². The molecule has 21 heavy (non-hydrogen) atoms. The average molecular weight is 304 g/mol. The molecule has 2 aromatic rings. The van der Waals surface area contributed by atoms with Crippen LogP contribution in [-0.2, 0) is 0 Å². The molecule has 6 heteroatoms. The number of amides is 1. The first-order valence-corrected chi connectivity index (χ1v) is 6.49. The van der Waals surface area contributed by atoms with Crippen LogP contribution in [0.5, 0.6) is 5.75 Å². The number of phenols is 1. The molecule has 0 saturated carbocycles. The Labute approximate surface area is 126 Å². The van der Waals surface area contributed by atoms with E-state index in [0.29, 0.717) is 0 Å². The molecule has 108 valence electrons. The Kier molecular flexibility index (Phi) is 4.18. The minimum atomic E-state index is -0.531. The first-order chi connectivity index (χ1) is 9.88. The lowest BCUT2D eigenvalue weighted by Crippen LogP contribution is -2.18. The Bertz CT molecular complexity index is 732. The predicted octanol–water partition coefficient (Wildman–Crippen LogP) is 2.73. The van der Waals surface area contributed by atoms with Crippen molar-refractivity contribution in [1.82, 2.24) is 0 Å². The highest BCUT2D eigenvalue weighted by molar-refractivity contribution is 7.80. The highest BCUT2D eigenvalue weighted by Crippen LogP contribution is 2.22. The molecule has 0 aromatic heterocycles. The van der Waals surface area contributed by atoms with Crippen LogP contribution in [0, 0.1) is 12.7 Å². The van der Waals surface area contributed by atoms with Crippen molar-refractivity contribution in [3.63, 3.8) is 0 Å². The van der Waals surface area contributed by atoms with Crippen molar-refractivity contribution in [1.29, 1.82) is 0 Å². The Morgan fingerprint density at radius 3 is 2.57 bits per heavy atom. The lowest BCUT2D eigenvalue weighted by molar-refractivity contribution is 0.102. The summed E-state index contributed by atoms with van der Waals surface area (Å²) in [7, 11) is 0. The van der Waals surface area contributed by atoms with Crippen LogP contribution in [0.2, 0.25) is 0 Å². The van der Waals surface area contributed by atoms with Crippen LogP contribution < -0.4 is 11.1 Å². The Morgan fingerprint density at radius 1 is 1.24 bits per heavy atom. The molecule has 4 nitrogen and oxygen atoms in total. The largest absolute Gasteiger partial charge is 0.507 e. The molecule has 0 aliphatic rings. The van der Waals surface area contributed by atoms with Gasteiger partial charge in [0.15, 0.2) is 0 Å². The van der Waals surface area contributed by atoms with Crippen LogP contribution in [0.25, 0.3) is 0 Å². The number of carbonyl (C=O) groups excluding carboxylic acids is 1. The summed E-state index contributed by atoms with van der Waals surface area (Å²) in [6.07, 6.45) is 0. The lowest BCUT2D eigenvalue weighted by atomic mass is 10.1. The molecular weight excluding hydrogens is 291 g/mol. The minimum absolute atomic E-state index is 0.0297. The van der Waals surface area contributed by atoms with E-state index in [1.807, 2.05) is 0 Å². The van der Waals surface area contributed by atoms with Crippen molar-refractivity contribution in [2.45, 2.75) is 6.92 Å². The average Bonchev–Trinajstić information content (AvgIpc) is 2.40. The first-order valence-electron chi connectivity index (χ1n) is 6.09. The lowest BCUT2D eigenvalue weighted by Gasteiger charge is -2.11. The summed E-state index contributed by atoms with van der Waals surface area (Å²) in [6, 6.07) is 8.39. The molecule has 0 heterocycles. The third-order valence-corrected chi connectivity index (χ3v) is 3.11. The number of phenolic OH excluding ortho intramolecular Hbond substituents is 1. The number of carbonyl (C=O) groups is 1. The maximum Gasteiger partial charge on any atom is 0.259 e. The van der Waals surface area contributed by atoms with Crippen molar-refractivity contribution in [2.75, 3.05) is 5.32 Å². The van der Waals surface area contributed by atoms with Crippen molar-refractivity contribution in [2.24, 2.45) is 5.73 Å². The molecule has 0 atom stereocenters. The molecular formula is C15H13FN2O2S. The molecule has 0 saturated heterocycles.